The zero-order chi connectivity index (χ0) is 23.1. The van der Waals surface area contributed by atoms with Gasteiger partial charge in [0.15, 0.2) is 18.1 Å². The van der Waals surface area contributed by atoms with Gasteiger partial charge >= 0.3 is 17.9 Å². The molecule has 0 spiro atoms. The van der Waals surface area contributed by atoms with E-state index in [1.54, 1.807) is 0 Å². The molecule has 10 nitrogen and oxygen atoms in total. The van der Waals surface area contributed by atoms with Gasteiger partial charge in [0, 0.05) is 25.2 Å². The molecule has 1 amide bonds. The Balaban J connectivity index is 1.39. The van der Waals surface area contributed by atoms with Crippen LogP contribution in [0, 0.1) is 18.8 Å². The van der Waals surface area contributed by atoms with E-state index in [9.17, 15) is 19.5 Å². The summed E-state index contributed by atoms with van der Waals surface area (Å²) in [5.74, 6) is -1.12. The van der Waals surface area contributed by atoms with Crippen molar-refractivity contribution < 1.29 is 28.3 Å². The van der Waals surface area contributed by atoms with Gasteiger partial charge in [-0.2, -0.15) is 0 Å². The number of ether oxygens (including phenoxy) is 1. The van der Waals surface area contributed by atoms with Crippen LogP contribution in [0.1, 0.15) is 68.7 Å². The molecule has 0 saturated heterocycles. The van der Waals surface area contributed by atoms with Crippen LogP contribution < -0.4 is 11.1 Å². The minimum Gasteiger partial charge on any atom is -0.481 e. The number of aromatic nitrogens is 2. The Morgan fingerprint density at radius 3 is 2.72 bits per heavy atom. The van der Waals surface area contributed by atoms with E-state index in [-0.39, 0.29) is 24.7 Å². The Morgan fingerprint density at radius 2 is 2.06 bits per heavy atom. The average Bonchev–Trinajstić information content (AvgIpc) is 3.34. The van der Waals surface area contributed by atoms with Crippen LogP contribution >= 0.6 is 0 Å². The van der Waals surface area contributed by atoms with Gasteiger partial charge in [0.05, 0.1) is 17.9 Å². The van der Waals surface area contributed by atoms with Gasteiger partial charge in [0.25, 0.3) is 0 Å². The number of carbonyl (C=O) groups excluding carboxylic acids is 1. The Hall–Kier alpha value is -3.04. The van der Waals surface area contributed by atoms with E-state index in [4.69, 9.17) is 9.15 Å². The van der Waals surface area contributed by atoms with Crippen molar-refractivity contribution in [2.24, 2.45) is 11.8 Å². The minimum absolute atomic E-state index is 0.151. The molecule has 2 heterocycles. The van der Waals surface area contributed by atoms with Crippen LogP contribution in [-0.4, -0.2) is 33.3 Å². The predicted octanol–water partition coefficient (Wildman–Crippen LogP) is 3.44. The van der Waals surface area contributed by atoms with E-state index < -0.39 is 23.8 Å². The van der Waals surface area contributed by atoms with Gasteiger partial charge < -0.3 is 28.6 Å². The summed E-state index contributed by atoms with van der Waals surface area (Å²) in [6.07, 6.45) is 9.03. The first-order valence-electron chi connectivity index (χ1n) is 11.1. The molecule has 10 heteroatoms. The summed E-state index contributed by atoms with van der Waals surface area (Å²) in [7, 11) is 0. The normalized spacial score (nSPS) is 19.4. The van der Waals surface area contributed by atoms with E-state index in [0.717, 1.165) is 24.5 Å². The number of hydrogen-bond acceptors (Lipinski definition) is 7. The van der Waals surface area contributed by atoms with Crippen LogP contribution in [0.3, 0.4) is 0 Å². The number of amides is 1. The zero-order valence-electron chi connectivity index (χ0n) is 18.5. The molecule has 0 radical (unpaired) electrons. The van der Waals surface area contributed by atoms with Crippen molar-refractivity contribution in [1.82, 2.24) is 14.9 Å². The number of hydrogen-bond donors (Lipinski definition) is 2. The molecule has 2 aromatic rings. The number of aliphatic carboxylic acids is 1. The van der Waals surface area contributed by atoms with E-state index in [2.05, 4.69) is 26.2 Å². The second kappa shape index (κ2) is 11.0. The second-order valence-corrected chi connectivity index (χ2v) is 8.54. The number of nitrogens with zero attached hydrogens (tertiary/aromatic N) is 2. The van der Waals surface area contributed by atoms with Crippen molar-refractivity contribution in [1.29, 1.82) is 0 Å². The maximum Gasteiger partial charge on any atom is 0.519 e. The molecule has 0 bridgehead atoms. The van der Waals surface area contributed by atoms with Gasteiger partial charge in [-0.1, -0.05) is 6.92 Å². The SMILES string of the molecule is Cc1oc(=O)oc1COC(=O)NCCCC(Cc1cn(C2CCC(C)CC2)cn1)C(=O)O. The summed E-state index contributed by atoms with van der Waals surface area (Å²) in [5.41, 5.74) is 0.778. The first kappa shape index (κ1) is 23.6. The van der Waals surface area contributed by atoms with Crippen LogP contribution in [0.25, 0.3) is 0 Å². The van der Waals surface area contributed by atoms with E-state index in [1.807, 2.05) is 12.5 Å². The molecule has 1 unspecified atom stereocenters. The number of aryl methyl sites for hydroxylation is 1. The number of carboxylic acid groups (broad SMARTS) is 1. The number of nitrogens with one attached hydrogen (secondary N) is 1. The highest BCUT2D eigenvalue weighted by molar-refractivity contribution is 5.70. The fourth-order valence-electron chi connectivity index (χ4n) is 4.02. The third-order valence-corrected chi connectivity index (χ3v) is 6.04. The third-order valence-electron chi connectivity index (χ3n) is 6.04. The quantitative estimate of drug-likeness (QED) is 0.526. The highest BCUT2D eigenvalue weighted by Crippen LogP contribution is 2.31. The Morgan fingerprint density at radius 1 is 1.31 bits per heavy atom. The Labute approximate surface area is 186 Å². The summed E-state index contributed by atoms with van der Waals surface area (Å²) in [4.78, 5) is 38.8. The van der Waals surface area contributed by atoms with E-state index in [0.29, 0.717) is 25.3 Å². The molecule has 32 heavy (non-hydrogen) atoms. The number of alkyl carbamates (subject to hydrolysis) is 1. The molecule has 0 aromatic carbocycles. The predicted molar refractivity (Wildman–Crippen MR) is 113 cm³/mol. The highest BCUT2D eigenvalue weighted by atomic mass is 16.6. The molecule has 2 aromatic heterocycles. The first-order valence-corrected chi connectivity index (χ1v) is 11.1. The topological polar surface area (TPSA) is 137 Å². The lowest BCUT2D eigenvalue weighted by atomic mass is 9.87. The van der Waals surface area contributed by atoms with Crippen molar-refractivity contribution in [3.63, 3.8) is 0 Å². The monoisotopic (exact) mass is 449 g/mol. The Kier molecular flexibility index (Phi) is 8.13. The van der Waals surface area contributed by atoms with E-state index in [1.165, 1.54) is 19.8 Å². The molecule has 176 valence electrons. The fourth-order valence-corrected chi connectivity index (χ4v) is 4.02. The second-order valence-electron chi connectivity index (χ2n) is 8.54. The maximum atomic E-state index is 11.8. The summed E-state index contributed by atoms with van der Waals surface area (Å²) in [6.45, 7) is 3.86. The number of carbonyl (C=O) groups is 2. The van der Waals surface area contributed by atoms with Crippen LogP contribution in [-0.2, 0) is 22.6 Å². The van der Waals surface area contributed by atoms with Gasteiger partial charge in [-0.25, -0.2) is 14.6 Å². The van der Waals surface area contributed by atoms with Crippen LogP contribution in [0.4, 0.5) is 4.79 Å². The van der Waals surface area contributed by atoms with Gasteiger partial charge in [-0.05, 0) is 51.4 Å². The van der Waals surface area contributed by atoms with Gasteiger partial charge in [0.2, 0.25) is 0 Å². The molecule has 0 aliphatic heterocycles. The third kappa shape index (κ3) is 6.73. The summed E-state index contributed by atoms with van der Waals surface area (Å²) in [5, 5.41) is 12.1. The van der Waals surface area contributed by atoms with Crippen molar-refractivity contribution in [2.45, 2.75) is 71.4 Å². The fraction of sp³-hybridized carbons (Fsp3) is 0.636. The van der Waals surface area contributed by atoms with Gasteiger partial charge in [-0.15, -0.1) is 0 Å². The smallest absolute Gasteiger partial charge is 0.481 e. The Bertz CT molecular complexity index is 953. The molecule has 3 rings (SSSR count). The number of imidazole rings is 1. The zero-order valence-corrected chi connectivity index (χ0v) is 18.5. The van der Waals surface area contributed by atoms with Crippen molar-refractivity contribution in [3.8, 4) is 0 Å². The molecule has 1 saturated carbocycles. The largest absolute Gasteiger partial charge is 0.519 e. The lowest BCUT2D eigenvalue weighted by Crippen LogP contribution is -2.26. The molecule has 1 atom stereocenters. The van der Waals surface area contributed by atoms with E-state index >= 15 is 0 Å². The van der Waals surface area contributed by atoms with Crippen molar-refractivity contribution in [3.05, 3.63) is 40.4 Å². The van der Waals surface area contributed by atoms with Crippen LogP contribution in [0.5, 0.6) is 0 Å². The lowest BCUT2D eigenvalue weighted by Gasteiger charge is -2.26. The molecule has 2 N–H and O–H groups in total. The number of carboxylic acids is 1. The highest BCUT2D eigenvalue weighted by Gasteiger charge is 2.22. The van der Waals surface area contributed by atoms with Crippen molar-refractivity contribution >= 4 is 12.1 Å². The molecule has 1 aliphatic carbocycles. The van der Waals surface area contributed by atoms with Gasteiger partial charge in [0.1, 0.15) is 0 Å². The molecule has 1 aliphatic rings. The average molecular weight is 450 g/mol. The van der Waals surface area contributed by atoms with Crippen molar-refractivity contribution in [2.75, 3.05) is 6.54 Å². The number of rotatable bonds is 10. The first-order chi connectivity index (χ1) is 15.3. The maximum absolute atomic E-state index is 11.8. The lowest BCUT2D eigenvalue weighted by molar-refractivity contribution is -0.142. The molecular formula is C22H31N3O7. The minimum atomic E-state index is -0.876. The summed E-state index contributed by atoms with van der Waals surface area (Å²) < 4.78 is 16.5. The molecular weight excluding hydrogens is 418 g/mol. The van der Waals surface area contributed by atoms with Gasteiger partial charge in [-0.3, -0.25) is 4.79 Å². The molecule has 1 fully saturated rings. The van der Waals surface area contributed by atoms with Crippen LogP contribution in [0.15, 0.2) is 26.2 Å². The van der Waals surface area contributed by atoms with Crippen LogP contribution in [0.2, 0.25) is 0 Å². The standard InChI is InChI=1S/C22H31N3O7/c1-14-5-7-18(8-6-14)25-11-17(24-13-25)10-16(20(26)27)4-3-9-23-21(28)30-12-19-15(2)31-22(29)32-19/h11,13-14,16,18H,3-10,12H2,1-2H3,(H,23,28)(H,26,27). The summed E-state index contributed by atoms with van der Waals surface area (Å²) >= 11 is 0. The summed E-state index contributed by atoms with van der Waals surface area (Å²) in [6, 6.07) is 0.449.